The van der Waals surface area contributed by atoms with E-state index in [0.717, 1.165) is 22.0 Å². The molecule has 1 aromatic heterocycles. The van der Waals surface area contributed by atoms with E-state index in [1.807, 2.05) is 47.1 Å². The molecule has 0 aliphatic carbocycles. The minimum absolute atomic E-state index is 0.0237. The van der Waals surface area contributed by atoms with Gasteiger partial charge in [0.15, 0.2) is 0 Å². The molecule has 0 aliphatic heterocycles. The van der Waals surface area contributed by atoms with Crippen molar-refractivity contribution >= 4 is 11.6 Å². The Hall–Kier alpha value is -2.06. The second-order valence-corrected chi connectivity index (χ2v) is 6.86. The first kappa shape index (κ1) is 14.9. The van der Waals surface area contributed by atoms with E-state index in [1.165, 1.54) is 5.56 Å². The van der Waals surface area contributed by atoms with E-state index in [9.17, 15) is 0 Å². The SMILES string of the molecule is CC(C)(C)c1cn(-c2ccc(Cl)cc2)nc1-c1ccccc1. The average Bonchev–Trinajstić information content (AvgIpc) is 2.94. The minimum atomic E-state index is 0.0237. The van der Waals surface area contributed by atoms with Crippen LogP contribution in [0.3, 0.4) is 0 Å². The molecule has 22 heavy (non-hydrogen) atoms. The summed E-state index contributed by atoms with van der Waals surface area (Å²) in [6.45, 7) is 6.63. The molecule has 112 valence electrons. The fourth-order valence-corrected chi connectivity index (χ4v) is 2.58. The Morgan fingerprint density at radius 3 is 2.14 bits per heavy atom. The number of rotatable bonds is 2. The predicted molar refractivity (Wildman–Crippen MR) is 92.7 cm³/mol. The van der Waals surface area contributed by atoms with Crippen LogP contribution in [0, 0.1) is 0 Å². The van der Waals surface area contributed by atoms with Gasteiger partial charge in [0, 0.05) is 22.3 Å². The van der Waals surface area contributed by atoms with Gasteiger partial charge in [-0.3, -0.25) is 0 Å². The van der Waals surface area contributed by atoms with Crippen molar-refractivity contribution in [2.24, 2.45) is 0 Å². The highest BCUT2D eigenvalue weighted by atomic mass is 35.5. The monoisotopic (exact) mass is 310 g/mol. The summed E-state index contributed by atoms with van der Waals surface area (Å²) >= 11 is 5.97. The van der Waals surface area contributed by atoms with Crippen LogP contribution in [0.15, 0.2) is 60.8 Å². The zero-order chi connectivity index (χ0) is 15.7. The van der Waals surface area contributed by atoms with E-state index in [0.29, 0.717) is 0 Å². The molecule has 0 radical (unpaired) electrons. The Labute approximate surface area is 136 Å². The first-order chi connectivity index (χ1) is 10.4. The van der Waals surface area contributed by atoms with Crippen LogP contribution in [0.25, 0.3) is 16.9 Å². The van der Waals surface area contributed by atoms with Crippen molar-refractivity contribution in [1.29, 1.82) is 0 Å². The number of hydrogen-bond acceptors (Lipinski definition) is 1. The fourth-order valence-electron chi connectivity index (χ4n) is 2.46. The molecule has 3 rings (SSSR count). The molecule has 0 saturated carbocycles. The van der Waals surface area contributed by atoms with Crippen LogP contribution >= 0.6 is 11.6 Å². The molecule has 0 N–H and O–H groups in total. The Kier molecular flexibility index (Phi) is 3.79. The summed E-state index contributed by atoms with van der Waals surface area (Å²) in [5, 5.41) is 5.55. The van der Waals surface area contributed by atoms with E-state index < -0.39 is 0 Å². The average molecular weight is 311 g/mol. The van der Waals surface area contributed by atoms with Gasteiger partial charge in [0.05, 0.1) is 11.4 Å². The Balaban J connectivity index is 2.15. The minimum Gasteiger partial charge on any atom is -0.240 e. The van der Waals surface area contributed by atoms with Crippen molar-refractivity contribution in [3.63, 3.8) is 0 Å². The maximum Gasteiger partial charge on any atom is 0.0964 e. The second kappa shape index (κ2) is 5.62. The molecule has 2 nitrogen and oxygen atoms in total. The number of aromatic nitrogens is 2. The molecule has 0 saturated heterocycles. The summed E-state index contributed by atoms with van der Waals surface area (Å²) in [7, 11) is 0. The quantitative estimate of drug-likeness (QED) is 0.612. The van der Waals surface area contributed by atoms with Gasteiger partial charge in [-0.05, 0) is 29.7 Å². The van der Waals surface area contributed by atoms with Crippen LogP contribution in [0.4, 0.5) is 0 Å². The molecule has 0 aliphatic rings. The van der Waals surface area contributed by atoms with Gasteiger partial charge in [0.25, 0.3) is 0 Å². The molecule has 0 amide bonds. The Bertz CT molecular complexity index is 765. The number of halogens is 1. The van der Waals surface area contributed by atoms with Crippen LogP contribution in [0.2, 0.25) is 5.02 Å². The van der Waals surface area contributed by atoms with Gasteiger partial charge in [-0.2, -0.15) is 5.10 Å². The van der Waals surface area contributed by atoms with Crippen molar-refractivity contribution in [3.8, 4) is 16.9 Å². The first-order valence-corrected chi connectivity index (χ1v) is 7.74. The second-order valence-electron chi connectivity index (χ2n) is 6.43. The molecule has 1 heterocycles. The van der Waals surface area contributed by atoms with Crippen molar-refractivity contribution in [2.45, 2.75) is 26.2 Å². The van der Waals surface area contributed by atoms with E-state index in [1.54, 1.807) is 0 Å². The van der Waals surface area contributed by atoms with Crippen LogP contribution in [-0.2, 0) is 5.41 Å². The van der Waals surface area contributed by atoms with Gasteiger partial charge in [-0.25, -0.2) is 4.68 Å². The van der Waals surface area contributed by atoms with Gasteiger partial charge >= 0.3 is 0 Å². The van der Waals surface area contributed by atoms with E-state index >= 15 is 0 Å². The number of benzene rings is 2. The smallest absolute Gasteiger partial charge is 0.0964 e. The van der Waals surface area contributed by atoms with E-state index in [-0.39, 0.29) is 5.41 Å². The third-order valence-corrected chi connectivity index (χ3v) is 3.91. The zero-order valence-electron chi connectivity index (χ0n) is 13.0. The maximum atomic E-state index is 5.97. The van der Waals surface area contributed by atoms with Gasteiger partial charge in [0.1, 0.15) is 0 Å². The number of nitrogens with zero attached hydrogens (tertiary/aromatic N) is 2. The maximum absolute atomic E-state index is 5.97. The van der Waals surface area contributed by atoms with Gasteiger partial charge < -0.3 is 0 Å². The van der Waals surface area contributed by atoms with Gasteiger partial charge in [-0.15, -0.1) is 0 Å². The van der Waals surface area contributed by atoms with Crippen LogP contribution in [0.5, 0.6) is 0 Å². The highest BCUT2D eigenvalue weighted by Crippen LogP contribution is 2.32. The summed E-state index contributed by atoms with van der Waals surface area (Å²) in [5.41, 5.74) is 4.43. The summed E-state index contributed by atoms with van der Waals surface area (Å²) in [6.07, 6.45) is 2.12. The van der Waals surface area contributed by atoms with Crippen LogP contribution in [-0.4, -0.2) is 9.78 Å². The largest absolute Gasteiger partial charge is 0.240 e. The third kappa shape index (κ3) is 2.93. The predicted octanol–water partition coefficient (Wildman–Crippen LogP) is 5.49. The summed E-state index contributed by atoms with van der Waals surface area (Å²) in [4.78, 5) is 0. The van der Waals surface area contributed by atoms with Gasteiger partial charge in [-0.1, -0.05) is 62.7 Å². The van der Waals surface area contributed by atoms with Gasteiger partial charge in [0.2, 0.25) is 0 Å². The van der Waals surface area contributed by atoms with E-state index in [4.69, 9.17) is 16.7 Å². The number of hydrogen-bond donors (Lipinski definition) is 0. The van der Waals surface area contributed by atoms with Crippen molar-refractivity contribution in [1.82, 2.24) is 9.78 Å². The zero-order valence-corrected chi connectivity index (χ0v) is 13.8. The molecule has 0 fully saturated rings. The lowest BCUT2D eigenvalue weighted by Crippen LogP contribution is -2.11. The standard InChI is InChI=1S/C19H19ClN2/c1-19(2,3)17-13-22(16-11-9-15(20)10-12-16)21-18(17)14-7-5-4-6-8-14/h4-13H,1-3H3. The molecular formula is C19H19ClN2. The Morgan fingerprint density at radius 2 is 1.55 bits per heavy atom. The van der Waals surface area contributed by atoms with E-state index in [2.05, 4.69) is 39.1 Å². The first-order valence-electron chi connectivity index (χ1n) is 7.37. The summed E-state index contributed by atoms with van der Waals surface area (Å²) in [5.74, 6) is 0. The van der Waals surface area contributed by atoms with Crippen molar-refractivity contribution < 1.29 is 0 Å². The lowest BCUT2D eigenvalue weighted by molar-refractivity contribution is 0.591. The molecule has 0 spiro atoms. The van der Waals surface area contributed by atoms with Crippen molar-refractivity contribution in [3.05, 3.63) is 71.4 Å². The lowest BCUT2D eigenvalue weighted by atomic mass is 9.86. The van der Waals surface area contributed by atoms with Crippen molar-refractivity contribution in [2.75, 3.05) is 0 Å². The molecule has 0 bridgehead atoms. The molecule has 2 aromatic carbocycles. The lowest BCUT2D eigenvalue weighted by Gasteiger charge is -2.18. The molecule has 3 aromatic rings. The third-order valence-electron chi connectivity index (χ3n) is 3.66. The molecule has 0 atom stereocenters. The molecule has 3 heteroatoms. The normalized spacial score (nSPS) is 11.6. The molecular weight excluding hydrogens is 292 g/mol. The van der Waals surface area contributed by atoms with Crippen LogP contribution in [0.1, 0.15) is 26.3 Å². The summed E-state index contributed by atoms with van der Waals surface area (Å²) < 4.78 is 1.93. The Morgan fingerprint density at radius 1 is 0.909 bits per heavy atom. The highest BCUT2D eigenvalue weighted by molar-refractivity contribution is 6.30. The topological polar surface area (TPSA) is 17.8 Å². The fraction of sp³-hybridized carbons (Fsp3) is 0.211. The molecule has 0 unspecified atom stereocenters. The van der Waals surface area contributed by atoms with Crippen LogP contribution < -0.4 is 0 Å². The highest BCUT2D eigenvalue weighted by Gasteiger charge is 2.22. The summed E-state index contributed by atoms with van der Waals surface area (Å²) in [6, 6.07) is 18.1.